The van der Waals surface area contributed by atoms with Gasteiger partial charge in [-0.1, -0.05) is 6.07 Å². The molecule has 0 aromatic carbocycles. The first-order valence-electron chi connectivity index (χ1n) is 7.68. The summed E-state index contributed by atoms with van der Waals surface area (Å²) in [6.45, 7) is 0. The Bertz CT molecular complexity index is 1060. The number of urea groups is 1. The zero-order valence-electron chi connectivity index (χ0n) is 14.7. The minimum atomic E-state index is -4.31. The summed E-state index contributed by atoms with van der Waals surface area (Å²) < 4.78 is 38.1. The van der Waals surface area contributed by atoms with E-state index in [1.807, 2.05) is 4.72 Å². The molecule has 0 saturated heterocycles. The van der Waals surface area contributed by atoms with Gasteiger partial charge in [0.15, 0.2) is 0 Å². The first-order valence-corrected chi connectivity index (χ1v) is 9.17. The predicted molar refractivity (Wildman–Crippen MR) is 95.8 cm³/mol. The van der Waals surface area contributed by atoms with Crippen molar-refractivity contribution in [3.05, 3.63) is 42.9 Å². The number of anilines is 1. The molecule has 13 heteroatoms. The second-order valence-corrected chi connectivity index (χ2v) is 6.68. The first kappa shape index (κ1) is 19.0. The number of imidazole rings is 1. The van der Waals surface area contributed by atoms with E-state index in [4.69, 9.17) is 9.47 Å². The van der Waals surface area contributed by atoms with Crippen LogP contribution < -0.4 is 19.5 Å². The summed E-state index contributed by atoms with van der Waals surface area (Å²) in [6, 6.07) is 5.27. The van der Waals surface area contributed by atoms with E-state index in [0.717, 1.165) is 0 Å². The van der Waals surface area contributed by atoms with Gasteiger partial charge in [0.2, 0.25) is 17.7 Å². The molecule has 2 amide bonds. The van der Waals surface area contributed by atoms with Crippen molar-refractivity contribution in [1.29, 1.82) is 0 Å². The number of aromatic nitrogens is 5. The number of carbonyl (C=O) groups excluding carboxylic acids is 1. The molecule has 12 nitrogen and oxygen atoms in total. The molecule has 0 aliphatic heterocycles. The van der Waals surface area contributed by atoms with Gasteiger partial charge in [-0.3, -0.25) is 9.88 Å². The minimum Gasteiger partial charge on any atom is -0.481 e. The van der Waals surface area contributed by atoms with Gasteiger partial charge in [-0.15, -0.1) is 0 Å². The van der Waals surface area contributed by atoms with E-state index in [0.29, 0.717) is 5.82 Å². The Morgan fingerprint density at radius 1 is 1.07 bits per heavy atom. The third-order valence-corrected chi connectivity index (χ3v) is 4.53. The van der Waals surface area contributed by atoms with Gasteiger partial charge >= 0.3 is 6.03 Å². The highest BCUT2D eigenvalue weighted by Gasteiger charge is 2.25. The highest BCUT2D eigenvalue weighted by atomic mass is 32.2. The van der Waals surface area contributed by atoms with Crippen LogP contribution in [0.3, 0.4) is 0 Å². The van der Waals surface area contributed by atoms with Gasteiger partial charge in [-0.05, 0) is 12.1 Å². The van der Waals surface area contributed by atoms with Crippen molar-refractivity contribution < 1.29 is 22.7 Å². The number of hydrogen-bond acceptors (Lipinski definition) is 9. The van der Waals surface area contributed by atoms with Crippen LogP contribution in [-0.2, 0) is 10.0 Å². The summed E-state index contributed by atoms with van der Waals surface area (Å²) in [5, 5.41) is 1.79. The number of methoxy groups -OCH3 is 2. The van der Waals surface area contributed by atoms with Gasteiger partial charge in [0.05, 0.1) is 20.3 Å². The molecule has 3 heterocycles. The number of rotatable bonds is 6. The van der Waals surface area contributed by atoms with E-state index in [9.17, 15) is 13.2 Å². The molecule has 146 valence electrons. The van der Waals surface area contributed by atoms with Crippen molar-refractivity contribution in [2.24, 2.45) is 0 Å². The third-order valence-electron chi connectivity index (χ3n) is 3.29. The summed E-state index contributed by atoms with van der Waals surface area (Å²) in [5.41, 5.74) is 0. The Kier molecular flexibility index (Phi) is 5.35. The van der Waals surface area contributed by atoms with Gasteiger partial charge in [0, 0.05) is 18.6 Å². The van der Waals surface area contributed by atoms with Gasteiger partial charge in [-0.2, -0.15) is 18.4 Å². The number of hydrogen-bond donors (Lipinski definition) is 2. The van der Waals surface area contributed by atoms with E-state index in [2.05, 4.69) is 25.3 Å². The van der Waals surface area contributed by atoms with Crippen molar-refractivity contribution in [2.75, 3.05) is 19.5 Å². The van der Waals surface area contributed by atoms with Gasteiger partial charge in [0.1, 0.15) is 5.82 Å². The Morgan fingerprint density at radius 3 is 2.39 bits per heavy atom. The monoisotopic (exact) mass is 405 g/mol. The molecule has 3 aromatic rings. The normalized spacial score (nSPS) is 10.9. The number of carbonyl (C=O) groups is 1. The van der Waals surface area contributed by atoms with Crippen molar-refractivity contribution >= 4 is 22.0 Å². The molecule has 2 N–H and O–H groups in total. The fraction of sp³-hybridized carbons (Fsp3) is 0.133. The number of nitrogens with zero attached hydrogens (tertiary/aromatic N) is 5. The fourth-order valence-electron chi connectivity index (χ4n) is 2.12. The second-order valence-electron chi connectivity index (χ2n) is 5.10. The second kappa shape index (κ2) is 7.87. The average molecular weight is 405 g/mol. The molecule has 0 aliphatic carbocycles. The van der Waals surface area contributed by atoms with Crippen LogP contribution >= 0.6 is 0 Å². The summed E-state index contributed by atoms with van der Waals surface area (Å²) in [6.07, 6.45) is 4.18. The van der Waals surface area contributed by atoms with Crippen LogP contribution in [0.5, 0.6) is 11.8 Å². The molecule has 3 rings (SSSR count). The Morgan fingerprint density at radius 2 is 1.79 bits per heavy atom. The number of amides is 2. The lowest BCUT2D eigenvalue weighted by Crippen LogP contribution is -2.36. The Balaban J connectivity index is 1.81. The summed E-state index contributed by atoms with van der Waals surface area (Å²) in [4.78, 5) is 27.8. The molecule has 28 heavy (non-hydrogen) atoms. The molecule has 0 fully saturated rings. The minimum absolute atomic E-state index is 0.121. The van der Waals surface area contributed by atoms with E-state index in [-0.39, 0.29) is 17.7 Å². The predicted octanol–water partition coefficient (Wildman–Crippen LogP) is 0.585. The van der Waals surface area contributed by atoms with Crippen LogP contribution in [0, 0.1) is 0 Å². The maximum Gasteiger partial charge on any atom is 0.335 e. The van der Waals surface area contributed by atoms with Gasteiger partial charge in [0.25, 0.3) is 15.2 Å². The standard InChI is InChI=1S/C15H15N7O5S/c1-26-11-9-12(27-2)19-13(18-11)20-14(23)21-28(24,25)15-17-7-8-22(15)10-5-3-4-6-16-10/h3-9H,1-2H3,(H2,18,19,20,21,23). The van der Waals surface area contributed by atoms with Crippen molar-refractivity contribution in [3.8, 4) is 17.6 Å². The smallest absolute Gasteiger partial charge is 0.335 e. The molecular formula is C15H15N7O5S. The molecule has 0 unspecified atom stereocenters. The molecule has 0 spiro atoms. The van der Waals surface area contributed by atoms with E-state index < -0.39 is 21.2 Å². The van der Waals surface area contributed by atoms with E-state index in [1.165, 1.54) is 43.4 Å². The summed E-state index contributed by atoms with van der Waals surface area (Å²) >= 11 is 0. The van der Waals surface area contributed by atoms with Crippen molar-refractivity contribution in [2.45, 2.75) is 5.16 Å². The average Bonchev–Trinajstić information content (AvgIpc) is 3.18. The largest absolute Gasteiger partial charge is 0.481 e. The number of sulfonamides is 1. The maximum atomic E-state index is 12.6. The van der Waals surface area contributed by atoms with Crippen LogP contribution in [0.4, 0.5) is 10.7 Å². The molecule has 0 bridgehead atoms. The fourth-order valence-corrected chi connectivity index (χ4v) is 3.12. The lowest BCUT2D eigenvalue weighted by molar-refractivity contribution is 0.256. The van der Waals surface area contributed by atoms with E-state index in [1.54, 1.807) is 18.2 Å². The quantitative estimate of drug-likeness (QED) is 0.600. The van der Waals surface area contributed by atoms with Crippen molar-refractivity contribution in [3.63, 3.8) is 0 Å². The number of nitrogens with one attached hydrogen (secondary N) is 2. The molecule has 0 radical (unpaired) electrons. The summed E-state index contributed by atoms with van der Waals surface area (Å²) in [7, 11) is -1.58. The zero-order chi connectivity index (χ0) is 20.1. The highest BCUT2D eigenvalue weighted by Crippen LogP contribution is 2.17. The molecule has 3 aromatic heterocycles. The van der Waals surface area contributed by atoms with Crippen LogP contribution in [0.2, 0.25) is 0 Å². The van der Waals surface area contributed by atoms with Crippen molar-refractivity contribution in [1.82, 2.24) is 29.2 Å². The maximum absolute atomic E-state index is 12.6. The lowest BCUT2D eigenvalue weighted by Gasteiger charge is -2.10. The van der Waals surface area contributed by atoms with Gasteiger partial charge < -0.3 is 9.47 Å². The van der Waals surface area contributed by atoms with Crippen LogP contribution in [-0.4, -0.2) is 53.2 Å². The Labute approximate surface area is 159 Å². The molecule has 0 atom stereocenters. The molecular weight excluding hydrogens is 390 g/mol. The third kappa shape index (κ3) is 4.15. The highest BCUT2D eigenvalue weighted by molar-refractivity contribution is 7.89. The number of pyridine rings is 1. The van der Waals surface area contributed by atoms with Crippen LogP contribution in [0.1, 0.15) is 0 Å². The zero-order valence-corrected chi connectivity index (χ0v) is 15.5. The number of ether oxygens (including phenoxy) is 2. The van der Waals surface area contributed by atoms with Crippen LogP contribution in [0.15, 0.2) is 48.0 Å². The lowest BCUT2D eigenvalue weighted by atomic mass is 10.5. The van der Waals surface area contributed by atoms with E-state index >= 15 is 0 Å². The molecule has 0 aliphatic rings. The topological polar surface area (TPSA) is 150 Å². The van der Waals surface area contributed by atoms with Gasteiger partial charge in [-0.25, -0.2) is 19.5 Å². The molecule has 0 saturated carbocycles. The van der Waals surface area contributed by atoms with Crippen LogP contribution in [0.25, 0.3) is 5.82 Å². The SMILES string of the molecule is COc1cc(OC)nc(NC(=O)NS(=O)(=O)c2nccn2-c2ccccn2)n1. The Hall–Kier alpha value is -3.74. The summed E-state index contributed by atoms with van der Waals surface area (Å²) in [5.74, 6) is 0.352. The first-order chi connectivity index (χ1) is 13.4.